The van der Waals surface area contributed by atoms with E-state index in [0.29, 0.717) is 10.4 Å². The van der Waals surface area contributed by atoms with Crippen LogP contribution in [0.25, 0.3) is 0 Å². The molecule has 5 nitrogen and oxygen atoms in total. The Balaban J connectivity index is 3.37. The molecule has 0 aliphatic heterocycles. The Morgan fingerprint density at radius 3 is 2.38 bits per heavy atom. The fourth-order valence-corrected chi connectivity index (χ4v) is 3.12. The number of rotatable bonds is 6. The van der Waals surface area contributed by atoms with Crippen LogP contribution in [0.5, 0.6) is 0 Å². The van der Waals surface area contributed by atoms with Crippen molar-refractivity contribution in [3.63, 3.8) is 0 Å². The lowest BCUT2D eigenvalue weighted by molar-refractivity contribution is -0.145. The van der Waals surface area contributed by atoms with Gasteiger partial charge in [0.2, 0.25) is 10.0 Å². The number of alkyl halides is 3. The lowest BCUT2D eigenvalue weighted by Gasteiger charge is -2.25. The maximum Gasteiger partial charge on any atom is 0.416 e. The zero-order chi connectivity index (χ0) is 18.7. The first kappa shape index (κ1) is 20.6. The summed E-state index contributed by atoms with van der Waals surface area (Å²) in [7, 11) is -4.05. The van der Waals surface area contributed by atoms with Crippen LogP contribution in [-0.2, 0) is 25.7 Å². The molecule has 136 valence electrons. The Morgan fingerprint density at radius 1 is 1.33 bits per heavy atom. The number of halogens is 4. The Hall–Kier alpha value is -1.48. The van der Waals surface area contributed by atoms with Gasteiger partial charge in [-0.15, -0.1) is 0 Å². The van der Waals surface area contributed by atoms with Gasteiger partial charge in [-0.05, 0) is 39.0 Å². The molecule has 0 heterocycles. The monoisotopic (exact) mass is 387 g/mol. The van der Waals surface area contributed by atoms with Crippen LogP contribution in [0.2, 0.25) is 5.02 Å². The number of carbonyl (C=O) groups excluding carboxylic acids is 1. The predicted octanol–water partition coefficient (Wildman–Crippen LogP) is 3.47. The summed E-state index contributed by atoms with van der Waals surface area (Å²) in [5.41, 5.74) is -1.50. The number of esters is 1. The number of ether oxygens (including phenoxy) is 1. The van der Waals surface area contributed by atoms with Gasteiger partial charge in [0.05, 0.1) is 28.1 Å². The number of sulfonamides is 1. The molecule has 0 N–H and O–H groups in total. The van der Waals surface area contributed by atoms with Gasteiger partial charge < -0.3 is 4.74 Å². The van der Waals surface area contributed by atoms with Crippen LogP contribution in [-0.4, -0.2) is 32.8 Å². The van der Waals surface area contributed by atoms with Gasteiger partial charge in [-0.25, -0.2) is 8.42 Å². The van der Waals surface area contributed by atoms with E-state index in [1.54, 1.807) is 13.8 Å². The van der Waals surface area contributed by atoms with E-state index in [1.807, 2.05) is 0 Å². The summed E-state index contributed by atoms with van der Waals surface area (Å²) in [5, 5.41) is -0.225. The summed E-state index contributed by atoms with van der Waals surface area (Å²) in [6.45, 7) is 3.66. The van der Waals surface area contributed by atoms with Crippen LogP contribution in [0.1, 0.15) is 26.3 Å². The third-order valence-electron chi connectivity index (χ3n) is 2.88. The Kier molecular flexibility index (Phi) is 6.52. The molecule has 0 atom stereocenters. The van der Waals surface area contributed by atoms with Crippen molar-refractivity contribution in [2.75, 3.05) is 16.6 Å². The van der Waals surface area contributed by atoms with E-state index in [2.05, 4.69) is 0 Å². The molecular formula is C14H17ClF3NO4S. The second-order valence-corrected chi connectivity index (χ2v) is 7.70. The van der Waals surface area contributed by atoms with Crippen LogP contribution in [0, 0.1) is 0 Å². The lowest BCUT2D eigenvalue weighted by atomic mass is 10.2. The van der Waals surface area contributed by atoms with Gasteiger partial charge in [0.15, 0.2) is 0 Å². The first-order chi connectivity index (χ1) is 10.9. The average Bonchev–Trinajstić information content (AvgIpc) is 2.43. The molecule has 0 bridgehead atoms. The van der Waals surface area contributed by atoms with E-state index in [9.17, 15) is 26.4 Å². The van der Waals surface area contributed by atoms with E-state index in [1.165, 1.54) is 6.92 Å². The highest BCUT2D eigenvalue weighted by Crippen LogP contribution is 2.36. The molecule has 0 aliphatic carbocycles. The molecule has 0 unspecified atom stereocenters. The number of carbonyl (C=O) groups is 1. The summed E-state index contributed by atoms with van der Waals surface area (Å²) in [6, 6.07) is 2.26. The molecule has 10 heteroatoms. The van der Waals surface area contributed by atoms with Crippen LogP contribution >= 0.6 is 11.6 Å². The molecule has 0 saturated heterocycles. The van der Waals surface area contributed by atoms with E-state index < -0.39 is 51.8 Å². The summed E-state index contributed by atoms with van der Waals surface area (Å²) in [4.78, 5) is 11.8. The normalized spacial score (nSPS) is 12.3. The summed E-state index contributed by atoms with van der Waals surface area (Å²) in [6.07, 6.45) is -5.18. The van der Waals surface area contributed by atoms with Crippen LogP contribution in [0.15, 0.2) is 18.2 Å². The zero-order valence-electron chi connectivity index (χ0n) is 13.2. The quantitative estimate of drug-likeness (QED) is 0.701. The summed E-state index contributed by atoms with van der Waals surface area (Å²) < 4.78 is 68.5. The van der Waals surface area contributed by atoms with Crippen molar-refractivity contribution in [3.05, 3.63) is 28.8 Å². The first-order valence-corrected chi connectivity index (χ1v) is 8.93. The third-order valence-corrected chi connectivity index (χ3v) is 4.93. The molecule has 0 aromatic heterocycles. The van der Waals surface area contributed by atoms with E-state index >= 15 is 0 Å². The second-order valence-electron chi connectivity index (χ2n) is 5.11. The Morgan fingerprint density at radius 2 is 1.92 bits per heavy atom. The standard InChI is InChI=1S/C14H17ClF3NO4S/c1-4-24(21,22)19(8-13(20)23-9(2)3)12-7-10(14(16,17)18)5-6-11(12)15/h5-7,9H,4,8H2,1-3H3. The highest BCUT2D eigenvalue weighted by Gasteiger charge is 2.33. The van der Waals surface area contributed by atoms with E-state index in [0.717, 1.165) is 12.1 Å². The molecule has 0 amide bonds. The smallest absolute Gasteiger partial charge is 0.416 e. The van der Waals surface area contributed by atoms with Gasteiger partial charge in [0.25, 0.3) is 0 Å². The highest BCUT2D eigenvalue weighted by molar-refractivity contribution is 7.92. The molecule has 24 heavy (non-hydrogen) atoms. The fourth-order valence-electron chi connectivity index (χ4n) is 1.79. The van der Waals surface area contributed by atoms with E-state index in [-0.39, 0.29) is 5.02 Å². The van der Waals surface area contributed by atoms with Crippen molar-refractivity contribution in [1.29, 1.82) is 0 Å². The minimum Gasteiger partial charge on any atom is -0.462 e. The van der Waals surface area contributed by atoms with Crippen LogP contribution in [0.3, 0.4) is 0 Å². The number of anilines is 1. The molecule has 0 radical (unpaired) electrons. The second kappa shape index (κ2) is 7.60. The number of benzene rings is 1. The molecule has 0 aliphatic rings. The van der Waals surface area contributed by atoms with Gasteiger partial charge in [0.1, 0.15) is 6.54 Å². The molecule has 1 aromatic carbocycles. The minimum atomic E-state index is -4.68. The van der Waals surface area contributed by atoms with Crippen molar-refractivity contribution in [3.8, 4) is 0 Å². The van der Waals surface area contributed by atoms with Crippen molar-refractivity contribution in [2.45, 2.75) is 33.1 Å². The lowest BCUT2D eigenvalue weighted by Crippen LogP contribution is -2.38. The molecular weight excluding hydrogens is 371 g/mol. The van der Waals surface area contributed by atoms with Gasteiger partial charge in [0, 0.05) is 0 Å². The van der Waals surface area contributed by atoms with Crippen molar-refractivity contribution < 1.29 is 31.1 Å². The number of nitrogens with zero attached hydrogens (tertiary/aromatic N) is 1. The maximum absolute atomic E-state index is 12.9. The molecule has 0 fully saturated rings. The minimum absolute atomic E-state index is 0.225. The average molecular weight is 388 g/mol. The van der Waals surface area contributed by atoms with Crippen molar-refractivity contribution in [2.24, 2.45) is 0 Å². The summed E-state index contributed by atoms with van der Waals surface area (Å²) in [5.74, 6) is -1.32. The van der Waals surface area contributed by atoms with Crippen molar-refractivity contribution >= 4 is 33.3 Å². The van der Waals surface area contributed by atoms with Crippen LogP contribution in [0.4, 0.5) is 18.9 Å². The van der Waals surface area contributed by atoms with Crippen LogP contribution < -0.4 is 4.31 Å². The zero-order valence-corrected chi connectivity index (χ0v) is 14.8. The summed E-state index contributed by atoms with van der Waals surface area (Å²) >= 11 is 5.87. The first-order valence-electron chi connectivity index (χ1n) is 6.95. The van der Waals surface area contributed by atoms with Gasteiger partial charge in [-0.1, -0.05) is 11.6 Å². The van der Waals surface area contributed by atoms with Crippen molar-refractivity contribution in [1.82, 2.24) is 0 Å². The third kappa shape index (κ3) is 5.27. The Labute approximate surface area is 143 Å². The number of hydrogen-bond donors (Lipinski definition) is 0. The van der Waals surface area contributed by atoms with E-state index in [4.69, 9.17) is 16.3 Å². The predicted molar refractivity (Wildman–Crippen MR) is 84.5 cm³/mol. The largest absolute Gasteiger partial charge is 0.462 e. The molecule has 1 aromatic rings. The van der Waals surface area contributed by atoms with Gasteiger partial charge >= 0.3 is 12.1 Å². The molecule has 0 spiro atoms. The van der Waals surface area contributed by atoms with Gasteiger partial charge in [-0.2, -0.15) is 13.2 Å². The molecule has 0 saturated carbocycles. The number of hydrogen-bond acceptors (Lipinski definition) is 4. The fraction of sp³-hybridized carbons (Fsp3) is 0.500. The SMILES string of the molecule is CCS(=O)(=O)N(CC(=O)OC(C)C)c1cc(C(F)(F)F)ccc1Cl. The highest BCUT2D eigenvalue weighted by atomic mass is 35.5. The topological polar surface area (TPSA) is 63.7 Å². The van der Waals surface area contributed by atoms with Gasteiger partial charge in [-0.3, -0.25) is 9.10 Å². The molecule has 1 rings (SSSR count). The Bertz CT molecular complexity index is 704. The maximum atomic E-state index is 12.9.